The molecule has 1 atom stereocenters. The van der Waals surface area contributed by atoms with Crippen molar-refractivity contribution in [3.8, 4) is 0 Å². The highest BCUT2D eigenvalue weighted by molar-refractivity contribution is 5.79. The zero-order chi connectivity index (χ0) is 17.0. The molecule has 1 aromatic rings. The molecule has 0 aromatic heterocycles. The standard InChI is InChI=1S/C19H31N3O2/c1-3-20-19(22(2)14-17-8-5-4-6-9-17)21-11-7-12-23-15-18-10-13-24-16-18/h4-6,8-9,18H,3,7,10-16H2,1-2H3,(H,20,21). The van der Waals surface area contributed by atoms with Gasteiger partial charge in [0.25, 0.3) is 0 Å². The molecule has 0 amide bonds. The molecular formula is C19H31N3O2. The second-order valence-electron chi connectivity index (χ2n) is 6.24. The van der Waals surface area contributed by atoms with E-state index in [2.05, 4.69) is 48.5 Å². The summed E-state index contributed by atoms with van der Waals surface area (Å²) in [6, 6.07) is 10.5. The van der Waals surface area contributed by atoms with E-state index in [0.29, 0.717) is 5.92 Å². The van der Waals surface area contributed by atoms with Crippen LogP contribution < -0.4 is 5.32 Å². The minimum Gasteiger partial charge on any atom is -0.381 e. The summed E-state index contributed by atoms with van der Waals surface area (Å²) in [5.74, 6) is 1.54. The normalized spacial score (nSPS) is 17.9. The molecule has 2 rings (SSSR count). The molecule has 1 unspecified atom stereocenters. The van der Waals surface area contributed by atoms with Gasteiger partial charge in [0.05, 0.1) is 13.2 Å². The third-order valence-corrected chi connectivity index (χ3v) is 4.04. The van der Waals surface area contributed by atoms with Crippen LogP contribution in [0.25, 0.3) is 0 Å². The molecule has 0 radical (unpaired) electrons. The molecule has 1 aliphatic rings. The van der Waals surface area contributed by atoms with Crippen molar-refractivity contribution in [2.75, 3.05) is 46.6 Å². The van der Waals surface area contributed by atoms with Crippen LogP contribution in [0.5, 0.6) is 0 Å². The Morgan fingerprint density at radius 1 is 1.38 bits per heavy atom. The lowest BCUT2D eigenvalue weighted by Crippen LogP contribution is -2.38. The summed E-state index contributed by atoms with van der Waals surface area (Å²) in [6.07, 6.45) is 2.08. The summed E-state index contributed by atoms with van der Waals surface area (Å²) in [7, 11) is 2.07. The van der Waals surface area contributed by atoms with Crippen LogP contribution in [-0.4, -0.2) is 57.4 Å². The Labute approximate surface area is 146 Å². The lowest BCUT2D eigenvalue weighted by molar-refractivity contribution is 0.0893. The molecule has 0 spiro atoms. The van der Waals surface area contributed by atoms with E-state index < -0.39 is 0 Å². The monoisotopic (exact) mass is 333 g/mol. The van der Waals surface area contributed by atoms with Crippen molar-refractivity contribution in [3.63, 3.8) is 0 Å². The Hall–Kier alpha value is -1.59. The molecule has 0 saturated carbocycles. The van der Waals surface area contributed by atoms with Crippen molar-refractivity contribution in [3.05, 3.63) is 35.9 Å². The van der Waals surface area contributed by atoms with E-state index >= 15 is 0 Å². The molecule has 0 aliphatic carbocycles. The van der Waals surface area contributed by atoms with E-state index in [0.717, 1.165) is 64.9 Å². The number of rotatable bonds is 9. The summed E-state index contributed by atoms with van der Waals surface area (Å²) < 4.78 is 11.1. The van der Waals surface area contributed by atoms with Crippen molar-refractivity contribution < 1.29 is 9.47 Å². The van der Waals surface area contributed by atoms with Crippen LogP contribution >= 0.6 is 0 Å². The first-order valence-electron chi connectivity index (χ1n) is 8.98. The highest BCUT2D eigenvalue weighted by Crippen LogP contribution is 2.12. The van der Waals surface area contributed by atoms with Crippen molar-refractivity contribution in [2.45, 2.75) is 26.3 Å². The molecule has 0 bridgehead atoms. The average Bonchev–Trinajstić information content (AvgIpc) is 3.11. The van der Waals surface area contributed by atoms with Gasteiger partial charge in [-0.25, -0.2) is 0 Å². The molecule has 5 nitrogen and oxygen atoms in total. The Morgan fingerprint density at radius 2 is 2.21 bits per heavy atom. The van der Waals surface area contributed by atoms with Gasteiger partial charge in [0, 0.05) is 45.8 Å². The number of benzene rings is 1. The Kier molecular flexibility index (Phi) is 8.63. The van der Waals surface area contributed by atoms with E-state index in [1.165, 1.54) is 5.56 Å². The van der Waals surface area contributed by atoms with Gasteiger partial charge in [0.2, 0.25) is 0 Å². The minimum atomic E-state index is 0.586. The zero-order valence-corrected chi connectivity index (χ0v) is 15.0. The van der Waals surface area contributed by atoms with E-state index in [1.54, 1.807) is 0 Å². The summed E-state index contributed by atoms with van der Waals surface area (Å²) in [5.41, 5.74) is 1.28. The smallest absolute Gasteiger partial charge is 0.193 e. The number of ether oxygens (including phenoxy) is 2. The molecule has 5 heteroatoms. The number of hydrogen-bond acceptors (Lipinski definition) is 3. The summed E-state index contributed by atoms with van der Waals surface area (Å²) in [6.45, 7) is 7.92. The molecule has 1 fully saturated rings. The van der Waals surface area contributed by atoms with Crippen LogP contribution in [0.3, 0.4) is 0 Å². The van der Waals surface area contributed by atoms with E-state index in [9.17, 15) is 0 Å². The van der Waals surface area contributed by atoms with Crippen molar-refractivity contribution in [1.82, 2.24) is 10.2 Å². The lowest BCUT2D eigenvalue weighted by atomic mass is 10.1. The maximum Gasteiger partial charge on any atom is 0.193 e. The summed E-state index contributed by atoms with van der Waals surface area (Å²) >= 11 is 0. The highest BCUT2D eigenvalue weighted by Gasteiger charge is 2.15. The molecule has 1 aromatic carbocycles. The van der Waals surface area contributed by atoms with E-state index in [1.807, 2.05) is 6.07 Å². The molecule has 1 saturated heterocycles. The molecule has 134 valence electrons. The predicted molar refractivity (Wildman–Crippen MR) is 98.2 cm³/mol. The second kappa shape index (κ2) is 11.0. The number of nitrogens with zero attached hydrogens (tertiary/aromatic N) is 2. The SMILES string of the molecule is CCNC(=NCCCOCC1CCOC1)N(C)Cc1ccccc1. The van der Waals surface area contributed by atoms with Gasteiger partial charge in [-0.1, -0.05) is 30.3 Å². The maximum absolute atomic E-state index is 5.73. The van der Waals surface area contributed by atoms with Crippen molar-refractivity contribution >= 4 is 5.96 Å². The predicted octanol–water partition coefficient (Wildman–Crippen LogP) is 2.53. The van der Waals surface area contributed by atoms with Crippen molar-refractivity contribution in [2.24, 2.45) is 10.9 Å². The molecular weight excluding hydrogens is 302 g/mol. The van der Waals surface area contributed by atoms with Crippen LogP contribution in [0.1, 0.15) is 25.3 Å². The fourth-order valence-corrected chi connectivity index (χ4v) is 2.72. The van der Waals surface area contributed by atoms with Crippen LogP contribution in [0.15, 0.2) is 35.3 Å². The molecule has 1 N–H and O–H groups in total. The zero-order valence-electron chi connectivity index (χ0n) is 15.0. The Morgan fingerprint density at radius 3 is 2.92 bits per heavy atom. The summed E-state index contributed by atoms with van der Waals surface area (Å²) in [4.78, 5) is 6.87. The number of nitrogens with one attached hydrogen (secondary N) is 1. The van der Waals surface area contributed by atoms with Crippen LogP contribution in [-0.2, 0) is 16.0 Å². The van der Waals surface area contributed by atoms with Gasteiger partial charge in [-0.2, -0.15) is 0 Å². The Bertz CT molecular complexity index is 473. The second-order valence-corrected chi connectivity index (χ2v) is 6.24. The van der Waals surface area contributed by atoms with Crippen molar-refractivity contribution in [1.29, 1.82) is 0 Å². The van der Waals surface area contributed by atoms with Gasteiger partial charge in [0.15, 0.2) is 5.96 Å². The largest absolute Gasteiger partial charge is 0.381 e. The Balaban J connectivity index is 1.69. The van der Waals surface area contributed by atoms with Crippen LogP contribution in [0.2, 0.25) is 0 Å². The van der Waals surface area contributed by atoms with Crippen LogP contribution in [0, 0.1) is 5.92 Å². The van der Waals surface area contributed by atoms with Gasteiger partial charge in [-0.05, 0) is 25.3 Å². The maximum atomic E-state index is 5.73. The van der Waals surface area contributed by atoms with E-state index in [4.69, 9.17) is 14.5 Å². The molecule has 1 heterocycles. The average molecular weight is 333 g/mol. The highest BCUT2D eigenvalue weighted by atomic mass is 16.5. The lowest BCUT2D eigenvalue weighted by Gasteiger charge is -2.22. The third kappa shape index (κ3) is 6.89. The number of aliphatic imine (C=N–C) groups is 1. The number of hydrogen-bond donors (Lipinski definition) is 1. The summed E-state index contributed by atoms with van der Waals surface area (Å²) in [5, 5.41) is 3.36. The van der Waals surface area contributed by atoms with Crippen LogP contribution in [0.4, 0.5) is 0 Å². The fourth-order valence-electron chi connectivity index (χ4n) is 2.72. The van der Waals surface area contributed by atoms with Gasteiger partial charge in [-0.3, -0.25) is 4.99 Å². The number of guanidine groups is 1. The third-order valence-electron chi connectivity index (χ3n) is 4.04. The van der Waals surface area contributed by atoms with Gasteiger partial charge < -0.3 is 19.7 Å². The molecule has 24 heavy (non-hydrogen) atoms. The topological polar surface area (TPSA) is 46.1 Å². The quantitative estimate of drug-likeness (QED) is 0.428. The van der Waals surface area contributed by atoms with Gasteiger partial charge >= 0.3 is 0 Å². The van der Waals surface area contributed by atoms with Gasteiger partial charge in [-0.15, -0.1) is 0 Å². The molecule has 1 aliphatic heterocycles. The first kappa shape index (κ1) is 18.7. The van der Waals surface area contributed by atoms with Gasteiger partial charge in [0.1, 0.15) is 0 Å². The first-order chi connectivity index (χ1) is 11.8. The first-order valence-corrected chi connectivity index (χ1v) is 8.98. The van der Waals surface area contributed by atoms with E-state index in [-0.39, 0.29) is 0 Å². The fraction of sp³-hybridized carbons (Fsp3) is 0.632. The minimum absolute atomic E-state index is 0.586.